The number of ether oxygens (including phenoxy) is 2. The average molecular weight is 616 g/mol. The summed E-state index contributed by atoms with van der Waals surface area (Å²) in [6.45, 7) is 3.59. The summed E-state index contributed by atoms with van der Waals surface area (Å²) in [5, 5.41) is 2.80. The molecule has 44 heavy (non-hydrogen) atoms. The molecule has 0 aliphatic heterocycles. The molecule has 0 heterocycles. The van der Waals surface area contributed by atoms with E-state index in [1.165, 1.54) is 17.0 Å². The van der Waals surface area contributed by atoms with Gasteiger partial charge < -0.3 is 19.7 Å². The number of hydrogen-bond acceptors (Lipinski definition) is 6. The predicted molar refractivity (Wildman–Crippen MR) is 170 cm³/mol. The fourth-order valence-corrected chi connectivity index (χ4v) is 6.13. The molecule has 0 saturated carbocycles. The first-order valence-corrected chi connectivity index (χ1v) is 15.8. The summed E-state index contributed by atoms with van der Waals surface area (Å²) >= 11 is 0. The molecule has 0 spiro atoms. The van der Waals surface area contributed by atoms with Crippen molar-refractivity contribution in [3.05, 3.63) is 115 Å². The van der Waals surface area contributed by atoms with Crippen LogP contribution in [0, 0.1) is 0 Å². The van der Waals surface area contributed by atoms with Crippen LogP contribution in [0.25, 0.3) is 0 Å². The number of anilines is 1. The molecule has 0 aliphatic carbocycles. The lowest BCUT2D eigenvalue weighted by molar-refractivity contribution is -0.140. The van der Waals surface area contributed by atoms with E-state index in [-0.39, 0.29) is 23.0 Å². The van der Waals surface area contributed by atoms with Gasteiger partial charge in [-0.25, -0.2) is 8.42 Å². The lowest BCUT2D eigenvalue weighted by Crippen LogP contribution is -2.52. The number of nitrogens with one attached hydrogen (secondary N) is 1. The van der Waals surface area contributed by atoms with Gasteiger partial charge in [-0.3, -0.25) is 13.9 Å². The van der Waals surface area contributed by atoms with E-state index in [0.717, 1.165) is 9.87 Å². The Morgan fingerprint density at radius 2 is 1.34 bits per heavy atom. The monoisotopic (exact) mass is 615 g/mol. The van der Waals surface area contributed by atoms with Gasteiger partial charge in [0.25, 0.3) is 10.0 Å². The maximum absolute atomic E-state index is 14.1. The topological polar surface area (TPSA) is 105 Å². The molecule has 1 atom stereocenters. The summed E-state index contributed by atoms with van der Waals surface area (Å²) in [5.74, 6) is 0.961. The molecule has 0 radical (unpaired) electrons. The first-order chi connectivity index (χ1) is 21.3. The van der Waals surface area contributed by atoms with Crippen LogP contribution in [0.5, 0.6) is 17.2 Å². The molecular weight excluding hydrogens is 578 g/mol. The highest BCUT2D eigenvalue weighted by atomic mass is 32.2. The van der Waals surface area contributed by atoms with Crippen LogP contribution < -0.4 is 19.1 Å². The van der Waals surface area contributed by atoms with E-state index in [0.29, 0.717) is 30.2 Å². The third-order valence-corrected chi connectivity index (χ3v) is 8.75. The molecule has 1 N–H and O–H groups in total. The minimum Gasteiger partial charge on any atom is -0.497 e. The van der Waals surface area contributed by atoms with E-state index in [9.17, 15) is 18.0 Å². The van der Waals surface area contributed by atoms with Gasteiger partial charge in [0.15, 0.2) is 0 Å². The highest BCUT2D eigenvalue weighted by Crippen LogP contribution is 2.29. The number of methoxy groups -OCH3 is 1. The Labute approximate surface area is 259 Å². The van der Waals surface area contributed by atoms with E-state index in [1.54, 1.807) is 68.6 Å². The standard InChI is InChI=1S/C34H37N3O6S/c1-4-32(34(39)35-5-2)36(24-26-16-20-28(42-3)21-17-26)33(38)25-37(44(40,41)31-14-10-7-11-15-31)27-18-22-30(23-19-27)43-29-12-8-6-9-13-29/h6-23,32H,4-5,24-25H2,1-3H3,(H,35,39)/t32-/m1/s1. The summed E-state index contributed by atoms with van der Waals surface area (Å²) in [5.41, 5.74) is 1.04. The van der Waals surface area contributed by atoms with Crippen molar-refractivity contribution in [2.24, 2.45) is 0 Å². The summed E-state index contributed by atoms with van der Waals surface area (Å²) in [7, 11) is -2.61. The fraction of sp³-hybridized carbons (Fsp3) is 0.235. The Morgan fingerprint density at radius 3 is 1.91 bits per heavy atom. The second-order valence-corrected chi connectivity index (χ2v) is 11.8. The lowest BCUT2D eigenvalue weighted by atomic mass is 10.1. The molecule has 0 fully saturated rings. The second-order valence-electron chi connectivity index (χ2n) is 9.92. The van der Waals surface area contributed by atoms with Gasteiger partial charge in [-0.15, -0.1) is 0 Å². The van der Waals surface area contributed by atoms with E-state index in [1.807, 2.05) is 49.4 Å². The van der Waals surface area contributed by atoms with Crippen molar-refractivity contribution in [2.45, 2.75) is 37.8 Å². The largest absolute Gasteiger partial charge is 0.497 e. The molecular formula is C34H37N3O6S. The van der Waals surface area contributed by atoms with E-state index in [2.05, 4.69) is 5.32 Å². The van der Waals surface area contributed by atoms with Crippen LogP contribution in [0.1, 0.15) is 25.8 Å². The number of amides is 2. The Kier molecular flexibility index (Phi) is 11.0. The van der Waals surface area contributed by atoms with Crippen LogP contribution in [-0.4, -0.2) is 51.4 Å². The Hall–Kier alpha value is -4.83. The maximum Gasteiger partial charge on any atom is 0.264 e. The maximum atomic E-state index is 14.1. The van der Waals surface area contributed by atoms with Crippen LogP contribution in [0.15, 0.2) is 114 Å². The molecule has 9 nitrogen and oxygen atoms in total. The number of likely N-dealkylation sites (N-methyl/N-ethyl adjacent to an activating group) is 1. The lowest BCUT2D eigenvalue weighted by Gasteiger charge is -2.33. The number of nitrogens with zero attached hydrogens (tertiary/aromatic N) is 2. The minimum atomic E-state index is -4.17. The van der Waals surface area contributed by atoms with Crippen molar-refractivity contribution >= 4 is 27.5 Å². The number of carbonyl (C=O) groups excluding carboxylic acids is 2. The zero-order valence-electron chi connectivity index (χ0n) is 25.1. The number of carbonyl (C=O) groups is 2. The minimum absolute atomic E-state index is 0.0369. The Morgan fingerprint density at radius 1 is 0.773 bits per heavy atom. The van der Waals surface area contributed by atoms with E-state index >= 15 is 0 Å². The summed E-state index contributed by atoms with van der Waals surface area (Å²) in [4.78, 5) is 28.7. The quantitative estimate of drug-likeness (QED) is 0.197. The normalized spacial score (nSPS) is 11.7. The molecule has 230 valence electrons. The van der Waals surface area contributed by atoms with Crippen molar-refractivity contribution < 1.29 is 27.5 Å². The van der Waals surface area contributed by atoms with Gasteiger partial charge in [0.1, 0.15) is 29.8 Å². The van der Waals surface area contributed by atoms with Gasteiger partial charge in [0.05, 0.1) is 17.7 Å². The molecule has 4 aromatic rings. The van der Waals surface area contributed by atoms with Crippen LogP contribution in [0.2, 0.25) is 0 Å². The number of benzene rings is 4. The number of para-hydroxylation sites is 1. The van der Waals surface area contributed by atoms with Crippen molar-refractivity contribution in [3.8, 4) is 17.2 Å². The summed E-state index contributed by atoms with van der Waals surface area (Å²) < 4.78 is 40.2. The third-order valence-electron chi connectivity index (χ3n) is 6.96. The smallest absolute Gasteiger partial charge is 0.264 e. The van der Waals surface area contributed by atoms with Crippen LogP contribution in [0.4, 0.5) is 5.69 Å². The highest BCUT2D eigenvalue weighted by molar-refractivity contribution is 7.92. The molecule has 0 unspecified atom stereocenters. The van der Waals surface area contributed by atoms with E-state index in [4.69, 9.17) is 9.47 Å². The fourth-order valence-electron chi connectivity index (χ4n) is 4.69. The molecule has 2 amide bonds. The number of sulfonamides is 1. The Balaban J connectivity index is 1.70. The van der Waals surface area contributed by atoms with Crippen molar-refractivity contribution in [1.82, 2.24) is 10.2 Å². The molecule has 0 saturated heterocycles. The van der Waals surface area contributed by atoms with Crippen molar-refractivity contribution in [2.75, 3.05) is 24.5 Å². The van der Waals surface area contributed by atoms with Gasteiger partial charge in [-0.2, -0.15) is 0 Å². The van der Waals surface area contributed by atoms with E-state index < -0.39 is 28.5 Å². The Bertz CT molecular complexity index is 1610. The van der Waals surface area contributed by atoms with Crippen LogP contribution in [0.3, 0.4) is 0 Å². The molecule has 10 heteroatoms. The molecule has 0 bridgehead atoms. The van der Waals surface area contributed by atoms with Crippen molar-refractivity contribution in [3.63, 3.8) is 0 Å². The highest BCUT2D eigenvalue weighted by Gasteiger charge is 2.33. The zero-order chi connectivity index (χ0) is 31.5. The number of hydrogen-bond donors (Lipinski definition) is 1. The zero-order valence-corrected chi connectivity index (χ0v) is 25.9. The van der Waals surface area contributed by atoms with Gasteiger partial charge in [-0.05, 0) is 79.6 Å². The van der Waals surface area contributed by atoms with Gasteiger partial charge in [0.2, 0.25) is 11.8 Å². The van der Waals surface area contributed by atoms with Gasteiger partial charge in [-0.1, -0.05) is 55.5 Å². The second kappa shape index (κ2) is 15.1. The molecule has 0 aliphatic rings. The summed E-state index contributed by atoms with van der Waals surface area (Å²) in [6, 6.07) is 30.0. The van der Waals surface area contributed by atoms with Gasteiger partial charge >= 0.3 is 0 Å². The molecule has 4 rings (SSSR count). The molecule has 0 aromatic heterocycles. The SMILES string of the molecule is CCNC(=O)[C@@H](CC)N(Cc1ccc(OC)cc1)C(=O)CN(c1ccc(Oc2ccccc2)cc1)S(=O)(=O)c1ccccc1. The van der Waals surface area contributed by atoms with Gasteiger partial charge in [0, 0.05) is 13.1 Å². The first-order valence-electron chi connectivity index (χ1n) is 14.4. The first kappa shape index (κ1) is 32.1. The average Bonchev–Trinajstić information content (AvgIpc) is 3.05. The van der Waals surface area contributed by atoms with Crippen molar-refractivity contribution in [1.29, 1.82) is 0 Å². The predicted octanol–water partition coefficient (Wildman–Crippen LogP) is 5.63. The molecule has 4 aromatic carbocycles. The summed E-state index contributed by atoms with van der Waals surface area (Å²) in [6.07, 6.45) is 0.338. The van der Waals surface area contributed by atoms with Crippen LogP contribution >= 0.6 is 0 Å². The van der Waals surface area contributed by atoms with Crippen LogP contribution in [-0.2, 0) is 26.2 Å². The third kappa shape index (κ3) is 7.96. The number of rotatable bonds is 14.